The van der Waals surface area contributed by atoms with E-state index in [2.05, 4.69) is 20.8 Å². The summed E-state index contributed by atoms with van der Waals surface area (Å²) in [6.07, 6.45) is 4.54. The highest BCUT2D eigenvalue weighted by Crippen LogP contribution is 2.27. The highest BCUT2D eigenvalue weighted by atomic mass is 16.5. The van der Waals surface area contributed by atoms with E-state index in [1.807, 2.05) is 31.2 Å². The lowest BCUT2D eigenvalue weighted by atomic mass is 10.2. The Hall–Kier alpha value is -4.20. The normalized spacial score (nSPS) is 10.5. The molecule has 2 aromatic carbocycles. The van der Waals surface area contributed by atoms with Gasteiger partial charge in [-0.15, -0.1) is 0 Å². The van der Waals surface area contributed by atoms with Gasteiger partial charge in [0.05, 0.1) is 13.3 Å². The number of hydrogen-bond donors (Lipinski definition) is 2. The van der Waals surface area contributed by atoms with Crippen LogP contribution in [0.3, 0.4) is 0 Å². The molecule has 0 saturated carbocycles. The van der Waals surface area contributed by atoms with Crippen molar-refractivity contribution in [2.75, 3.05) is 19.0 Å². The Morgan fingerprint density at radius 3 is 2.61 bits per heavy atom. The van der Waals surface area contributed by atoms with Crippen LogP contribution >= 0.6 is 0 Å². The Morgan fingerprint density at radius 1 is 1.06 bits per heavy atom. The summed E-state index contributed by atoms with van der Waals surface area (Å²) < 4.78 is 10.9. The average Bonchev–Trinajstić information content (AvgIpc) is 2.78. The molecule has 1 aromatic heterocycles. The van der Waals surface area contributed by atoms with Gasteiger partial charge >= 0.3 is 0 Å². The van der Waals surface area contributed by atoms with E-state index in [-0.39, 0.29) is 18.4 Å². The van der Waals surface area contributed by atoms with Crippen molar-refractivity contribution in [2.24, 2.45) is 5.10 Å². The minimum Gasteiger partial charge on any atom is -0.493 e. The van der Waals surface area contributed by atoms with Crippen molar-refractivity contribution in [1.82, 2.24) is 10.4 Å². The number of carbonyl (C=O) groups excluding carboxylic acids is 2. The SMILES string of the molecule is COc1cc(C=NNC(=O)c2ccncc2)ccc1OCC(=O)Nc1cccc(C)c1. The zero-order valence-corrected chi connectivity index (χ0v) is 17.2. The summed E-state index contributed by atoms with van der Waals surface area (Å²) in [6, 6.07) is 15.8. The number of rotatable bonds is 8. The van der Waals surface area contributed by atoms with Crippen LogP contribution in [-0.4, -0.2) is 36.7 Å². The quantitative estimate of drug-likeness (QED) is 0.432. The number of amides is 2. The number of hydrazone groups is 1. The molecule has 0 bridgehead atoms. The highest BCUT2D eigenvalue weighted by Gasteiger charge is 2.09. The number of nitrogens with one attached hydrogen (secondary N) is 2. The first-order valence-corrected chi connectivity index (χ1v) is 9.46. The third kappa shape index (κ3) is 6.40. The van der Waals surface area contributed by atoms with E-state index in [0.29, 0.717) is 28.3 Å². The summed E-state index contributed by atoms with van der Waals surface area (Å²) in [6.45, 7) is 1.78. The number of nitrogens with zero attached hydrogens (tertiary/aromatic N) is 2. The number of methoxy groups -OCH3 is 1. The predicted molar refractivity (Wildman–Crippen MR) is 118 cm³/mol. The second-order valence-corrected chi connectivity index (χ2v) is 6.55. The molecule has 3 aromatic rings. The van der Waals surface area contributed by atoms with Gasteiger partial charge in [-0.25, -0.2) is 5.43 Å². The molecule has 1 heterocycles. The number of ether oxygens (including phenoxy) is 2. The fourth-order valence-corrected chi connectivity index (χ4v) is 2.68. The number of anilines is 1. The van der Waals surface area contributed by atoms with Gasteiger partial charge in [-0.2, -0.15) is 5.10 Å². The number of carbonyl (C=O) groups is 2. The van der Waals surface area contributed by atoms with Gasteiger partial charge < -0.3 is 14.8 Å². The van der Waals surface area contributed by atoms with Crippen molar-refractivity contribution < 1.29 is 19.1 Å². The molecule has 0 fully saturated rings. The van der Waals surface area contributed by atoms with Gasteiger partial charge in [0, 0.05) is 23.6 Å². The molecular weight excluding hydrogens is 396 g/mol. The lowest BCUT2D eigenvalue weighted by Gasteiger charge is -2.11. The lowest BCUT2D eigenvalue weighted by molar-refractivity contribution is -0.118. The van der Waals surface area contributed by atoms with Crippen molar-refractivity contribution in [3.63, 3.8) is 0 Å². The highest BCUT2D eigenvalue weighted by molar-refractivity contribution is 5.94. The molecule has 0 unspecified atom stereocenters. The third-order valence-electron chi connectivity index (χ3n) is 4.17. The van der Waals surface area contributed by atoms with Crippen LogP contribution in [0.1, 0.15) is 21.5 Å². The maximum absolute atomic E-state index is 12.1. The van der Waals surface area contributed by atoms with Crippen molar-refractivity contribution in [2.45, 2.75) is 6.92 Å². The summed E-state index contributed by atoms with van der Waals surface area (Å²) >= 11 is 0. The van der Waals surface area contributed by atoms with Crippen LogP contribution in [0, 0.1) is 6.92 Å². The van der Waals surface area contributed by atoms with E-state index in [9.17, 15) is 9.59 Å². The van der Waals surface area contributed by atoms with Gasteiger partial charge in [0.25, 0.3) is 11.8 Å². The standard InChI is InChI=1S/C23H22N4O4/c1-16-4-3-5-19(12-16)26-22(28)15-31-20-7-6-17(13-21(20)30-2)14-25-27-23(29)18-8-10-24-11-9-18/h3-14H,15H2,1-2H3,(H,26,28)(H,27,29). The molecule has 158 valence electrons. The first kappa shape index (κ1) is 21.5. The van der Waals surface area contributed by atoms with Crippen LogP contribution in [0.2, 0.25) is 0 Å². The molecule has 0 radical (unpaired) electrons. The maximum atomic E-state index is 12.1. The number of hydrogen-bond acceptors (Lipinski definition) is 6. The Bertz CT molecular complexity index is 1080. The fourth-order valence-electron chi connectivity index (χ4n) is 2.68. The van der Waals surface area contributed by atoms with Gasteiger partial charge in [0.1, 0.15) is 0 Å². The van der Waals surface area contributed by atoms with Crippen molar-refractivity contribution in [3.8, 4) is 11.5 Å². The molecule has 2 amide bonds. The molecule has 0 saturated heterocycles. The largest absolute Gasteiger partial charge is 0.493 e. The van der Waals surface area contributed by atoms with Crippen LogP contribution in [0.15, 0.2) is 72.1 Å². The zero-order chi connectivity index (χ0) is 22.1. The topological polar surface area (TPSA) is 102 Å². The van der Waals surface area contributed by atoms with Crippen LogP contribution in [0.5, 0.6) is 11.5 Å². The van der Waals surface area contributed by atoms with Crippen LogP contribution in [0.4, 0.5) is 5.69 Å². The van der Waals surface area contributed by atoms with E-state index in [1.54, 1.807) is 30.3 Å². The smallest absolute Gasteiger partial charge is 0.271 e. The summed E-state index contributed by atoms with van der Waals surface area (Å²) in [5, 5.41) is 6.73. The Balaban J connectivity index is 1.56. The molecule has 3 rings (SSSR count). The molecular formula is C23H22N4O4. The van der Waals surface area contributed by atoms with Crippen LogP contribution in [0.25, 0.3) is 0 Å². The molecule has 8 heteroatoms. The monoisotopic (exact) mass is 418 g/mol. The summed E-state index contributed by atoms with van der Waals surface area (Å²) in [5.41, 5.74) is 5.34. The summed E-state index contributed by atoms with van der Waals surface area (Å²) in [4.78, 5) is 28.0. The first-order valence-electron chi connectivity index (χ1n) is 9.46. The second kappa shape index (κ2) is 10.5. The zero-order valence-electron chi connectivity index (χ0n) is 17.2. The molecule has 0 aliphatic carbocycles. The number of aromatic nitrogens is 1. The fraction of sp³-hybridized carbons (Fsp3) is 0.130. The van der Waals surface area contributed by atoms with Crippen molar-refractivity contribution in [1.29, 1.82) is 0 Å². The molecule has 0 atom stereocenters. The lowest BCUT2D eigenvalue weighted by Crippen LogP contribution is -2.20. The number of benzene rings is 2. The first-order chi connectivity index (χ1) is 15.0. The van der Waals surface area contributed by atoms with Gasteiger partial charge in [0.15, 0.2) is 18.1 Å². The molecule has 0 spiro atoms. The second-order valence-electron chi connectivity index (χ2n) is 6.55. The van der Waals surface area contributed by atoms with Gasteiger partial charge in [-0.05, 0) is 60.5 Å². The third-order valence-corrected chi connectivity index (χ3v) is 4.17. The molecule has 0 aliphatic rings. The summed E-state index contributed by atoms with van der Waals surface area (Å²) in [7, 11) is 1.50. The van der Waals surface area contributed by atoms with Crippen molar-refractivity contribution in [3.05, 3.63) is 83.7 Å². The van der Waals surface area contributed by atoms with Crippen LogP contribution < -0.4 is 20.2 Å². The molecule has 8 nitrogen and oxygen atoms in total. The van der Waals surface area contributed by atoms with E-state index in [0.717, 1.165) is 5.56 Å². The Labute approximate surface area is 179 Å². The maximum Gasteiger partial charge on any atom is 0.271 e. The van der Waals surface area contributed by atoms with Crippen molar-refractivity contribution >= 4 is 23.7 Å². The van der Waals surface area contributed by atoms with E-state index < -0.39 is 0 Å². The summed E-state index contributed by atoms with van der Waals surface area (Å²) in [5.74, 6) is 0.231. The minimum atomic E-state index is -0.342. The number of pyridine rings is 1. The molecule has 0 aliphatic heterocycles. The van der Waals surface area contributed by atoms with Gasteiger partial charge in [-0.1, -0.05) is 12.1 Å². The Kier molecular flexibility index (Phi) is 7.31. The van der Waals surface area contributed by atoms with Gasteiger partial charge in [0.2, 0.25) is 0 Å². The van der Waals surface area contributed by atoms with Crippen LogP contribution in [-0.2, 0) is 4.79 Å². The Morgan fingerprint density at radius 2 is 1.87 bits per heavy atom. The number of aryl methyl sites for hydroxylation is 1. The molecule has 2 N–H and O–H groups in total. The predicted octanol–water partition coefficient (Wildman–Crippen LogP) is 3.18. The van der Waals surface area contributed by atoms with E-state index in [4.69, 9.17) is 9.47 Å². The van der Waals surface area contributed by atoms with E-state index in [1.165, 1.54) is 25.7 Å². The van der Waals surface area contributed by atoms with Gasteiger partial charge in [-0.3, -0.25) is 14.6 Å². The van der Waals surface area contributed by atoms with E-state index >= 15 is 0 Å². The molecule has 31 heavy (non-hydrogen) atoms. The average molecular weight is 418 g/mol. The minimum absolute atomic E-state index is 0.167.